The zero-order valence-corrected chi connectivity index (χ0v) is 24.7. The summed E-state index contributed by atoms with van der Waals surface area (Å²) >= 11 is 19.3. The smallest absolute Gasteiger partial charge is 0.270 e. The van der Waals surface area contributed by atoms with Gasteiger partial charge in [0.1, 0.15) is 5.57 Å². The SMILES string of the molecule is Cc1cc(/C=C2\C(=O)NC(=S)N(c3cccc(Cl)c3Cl)C2=O)c(C)n1-c1ccc(Sc2ccc([N+](=O)[O-])cc2)cc1. The van der Waals surface area contributed by atoms with Gasteiger partial charge in [0.25, 0.3) is 17.5 Å². The molecule has 3 aromatic carbocycles. The van der Waals surface area contributed by atoms with E-state index in [1.54, 1.807) is 36.4 Å². The summed E-state index contributed by atoms with van der Waals surface area (Å²) in [6, 6.07) is 21.0. The first-order valence-corrected chi connectivity index (χ1v) is 14.1. The number of rotatable bonds is 6. The van der Waals surface area contributed by atoms with Gasteiger partial charge in [-0.1, -0.05) is 41.0 Å². The van der Waals surface area contributed by atoms with E-state index in [0.29, 0.717) is 5.56 Å². The molecule has 0 spiro atoms. The average Bonchev–Trinajstić information content (AvgIpc) is 3.22. The van der Waals surface area contributed by atoms with Gasteiger partial charge in [-0.2, -0.15) is 0 Å². The van der Waals surface area contributed by atoms with Crippen molar-refractivity contribution in [3.8, 4) is 5.69 Å². The molecule has 1 saturated heterocycles. The number of amides is 2. The van der Waals surface area contributed by atoms with Gasteiger partial charge in [-0.05, 0) is 92.3 Å². The standard InChI is InChI=1S/C29H20Cl2N4O4S2/c1-16-14-18(15-23-27(36)32-29(40)34(28(23)37)25-5-3-4-24(30)26(25)31)17(2)33(16)19-6-10-21(11-7-19)41-22-12-8-20(9-13-22)35(38)39/h3-15H,1-2H3,(H,32,36,40)/b23-15+. The molecule has 2 heterocycles. The summed E-state index contributed by atoms with van der Waals surface area (Å²) in [4.78, 5) is 39.8. The summed E-state index contributed by atoms with van der Waals surface area (Å²) in [6.07, 6.45) is 1.54. The third-order valence-corrected chi connectivity index (χ3v) is 8.53. The largest absolute Gasteiger partial charge is 0.318 e. The molecule has 1 aliphatic rings. The maximum Gasteiger partial charge on any atom is 0.270 e. The number of nitrogens with zero attached hydrogens (tertiary/aromatic N) is 3. The van der Waals surface area contributed by atoms with Crippen molar-refractivity contribution in [2.75, 3.05) is 4.90 Å². The van der Waals surface area contributed by atoms with Crippen LogP contribution in [0.25, 0.3) is 11.8 Å². The summed E-state index contributed by atoms with van der Waals surface area (Å²) < 4.78 is 2.02. The van der Waals surface area contributed by atoms with Crippen molar-refractivity contribution >= 4 is 81.6 Å². The van der Waals surface area contributed by atoms with E-state index in [-0.39, 0.29) is 32.1 Å². The Kier molecular flexibility index (Phi) is 8.01. The number of benzene rings is 3. The van der Waals surface area contributed by atoms with E-state index >= 15 is 0 Å². The molecular weight excluding hydrogens is 603 g/mol. The predicted molar refractivity (Wildman–Crippen MR) is 165 cm³/mol. The lowest BCUT2D eigenvalue weighted by Gasteiger charge is -2.29. The molecule has 2 amide bonds. The maximum atomic E-state index is 13.5. The van der Waals surface area contributed by atoms with Crippen molar-refractivity contribution in [2.24, 2.45) is 0 Å². The minimum absolute atomic E-state index is 0.0464. The Balaban J connectivity index is 1.42. The Bertz CT molecular complexity index is 1770. The number of hydrogen-bond donors (Lipinski definition) is 1. The zero-order valence-electron chi connectivity index (χ0n) is 21.6. The number of halogens is 2. The van der Waals surface area contributed by atoms with Gasteiger partial charge in [0.15, 0.2) is 5.11 Å². The molecule has 1 fully saturated rings. The highest BCUT2D eigenvalue weighted by atomic mass is 35.5. The maximum absolute atomic E-state index is 13.5. The Morgan fingerprint density at radius 3 is 2.24 bits per heavy atom. The number of nitro benzene ring substituents is 1. The number of nitrogens with one attached hydrogen (secondary N) is 1. The van der Waals surface area contributed by atoms with E-state index in [1.807, 2.05) is 48.7 Å². The van der Waals surface area contributed by atoms with Gasteiger partial charge in [-0.3, -0.25) is 29.9 Å². The van der Waals surface area contributed by atoms with E-state index in [0.717, 1.165) is 31.8 Å². The van der Waals surface area contributed by atoms with Crippen LogP contribution in [-0.2, 0) is 9.59 Å². The lowest BCUT2D eigenvalue weighted by Crippen LogP contribution is -2.54. The molecule has 206 valence electrons. The average molecular weight is 624 g/mol. The molecule has 0 radical (unpaired) electrons. The summed E-state index contributed by atoms with van der Waals surface area (Å²) in [5.41, 5.74) is 3.54. The molecule has 0 aliphatic carbocycles. The summed E-state index contributed by atoms with van der Waals surface area (Å²) in [5.74, 6) is -1.22. The van der Waals surface area contributed by atoms with Crippen molar-refractivity contribution in [1.82, 2.24) is 9.88 Å². The molecular formula is C29H20Cl2N4O4S2. The normalized spacial score (nSPS) is 14.5. The molecule has 0 atom stereocenters. The van der Waals surface area contributed by atoms with Gasteiger partial charge in [0.05, 0.1) is 20.7 Å². The van der Waals surface area contributed by atoms with Crippen LogP contribution in [0.2, 0.25) is 10.0 Å². The number of aryl methyl sites for hydroxylation is 1. The van der Waals surface area contributed by atoms with Gasteiger partial charge in [-0.25, -0.2) is 0 Å². The molecule has 41 heavy (non-hydrogen) atoms. The van der Waals surface area contributed by atoms with E-state index < -0.39 is 16.7 Å². The Morgan fingerprint density at radius 1 is 0.976 bits per heavy atom. The Labute approximate surface area is 254 Å². The summed E-state index contributed by atoms with van der Waals surface area (Å²) in [6.45, 7) is 3.84. The summed E-state index contributed by atoms with van der Waals surface area (Å²) in [7, 11) is 0. The van der Waals surface area contributed by atoms with Crippen LogP contribution in [0.4, 0.5) is 11.4 Å². The lowest BCUT2D eigenvalue weighted by atomic mass is 10.1. The van der Waals surface area contributed by atoms with Gasteiger partial charge >= 0.3 is 0 Å². The molecule has 0 saturated carbocycles. The van der Waals surface area contributed by atoms with E-state index in [1.165, 1.54) is 23.9 Å². The van der Waals surface area contributed by atoms with Crippen molar-refractivity contribution < 1.29 is 14.5 Å². The first kappa shape index (κ1) is 28.6. The van der Waals surface area contributed by atoms with E-state index in [2.05, 4.69) is 5.32 Å². The molecule has 0 bridgehead atoms. The van der Waals surface area contributed by atoms with Crippen molar-refractivity contribution in [2.45, 2.75) is 23.6 Å². The zero-order chi connectivity index (χ0) is 29.4. The second-order valence-electron chi connectivity index (χ2n) is 9.04. The van der Waals surface area contributed by atoms with E-state index in [9.17, 15) is 19.7 Å². The first-order chi connectivity index (χ1) is 19.5. The fourth-order valence-electron chi connectivity index (χ4n) is 4.46. The van der Waals surface area contributed by atoms with Crippen LogP contribution in [0.15, 0.2) is 88.2 Å². The molecule has 8 nitrogen and oxygen atoms in total. The number of carbonyl (C=O) groups excluding carboxylic acids is 2. The van der Waals surface area contributed by atoms with Crippen LogP contribution in [0.3, 0.4) is 0 Å². The monoisotopic (exact) mass is 622 g/mol. The number of aromatic nitrogens is 1. The Morgan fingerprint density at radius 2 is 1.61 bits per heavy atom. The topological polar surface area (TPSA) is 97.5 Å². The van der Waals surface area contributed by atoms with E-state index in [4.69, 9.17) is 35.4 Å². The second-order valence-corrected chi connectivity index (χ2v) is 11.4. The molecule has 1 aliphatic heterocycles. The summed E-state index contributed by atoms with van der Waals surface area (Å²) in [5, 5.41) is 13.8. The highest BCUT2D eigenvalue weighted by Crippen LogP contribution is 2.35. The molecule has 0 unspecified atom stereocenters. The van der Waals surface area contributed by atoms with Crippen LogP contribution in [0, 0.1) is 24.0 Å². The number of hydrogen-bond acceptors (Lipinski definition) is 6. The first-order valence-electron chi connectivity index (χ1n) is 12.1. The van der Waals surface area contributed by atoms with Crippen LogP contribution < -0.4 is 10.2 Å². The van der Waals surface area contributed by atoms with Crippen LogP contribution in [0.5, 0.6) is 0 Å². The van der Waals surface area contributed by atoms with Crippen LogP contribution in [0.1, 0.15) is 17.0 Å². The van der Waals surface area contributed by atoms with Crippen molar-refractivity contribution in [3.63, 3.8) is 0 Å². The van der Waals surface area contributed by atoms with Gasteiger partial charge in [0.2, 0.25) is 0 Å². The molecule has 12 heteroatoms. The fourth-order valence-corrected chi connectivity index (χ4v) is 5.93. The number of thiocarbonyl (C=S) groups is 1. The number of nitro groups is 1. The third kappa shape index (κ3) is 5.64. The van der Waals surface area contributed by atoms with Crippen molar-refractivity contribution in [3.05, 3.63) is 115 Å². The highest BCUT2D eigenvalue weighted by molar-refractivity contribution is 7.99. The Hall–Kier alpha value is -3.96. The van der Waals surface area contributed by atoms with Crippen LogP contribution >= 0.6 is 47.2 Å². The number of non-ortho nitro benzene ring substituents is 1. The lowest BCUT2D eigenvalue weighted by molar-refractivity contribution is -0.384. The predicted octanol–water partition coefficient (Wildman–Crippen LogP) is 7.29. The second kappa shape index (κ2) is 11.5. The van der Waals surface area contributed by atoms with Crippen LogP contribution in [-0.4, -0.2) is 26.4 Å². The van der Waals surface area contributed by atoms with Gasteiger partial charge < -0.3 is 4.57 Å². The fraction of sp³-hybridized carbons (Fsp3) is 0.0690. The molecule has 4 aromatic rings. The quantitative estimate of drug-likeness (QED) is 0.0797. The number of carbonyl (C=O) groups is 2. The minimum Gasteiger partial charge on any atom is -0.318 e. The molecule has 5 rings (SSSR count). The minimum atomic E-state index is -0.611. The van der Waals surface area contributed by atoms with Gasteiger partial charge in [0, 0.05) is 39.0 Å². The van der Waals surface area contributed by atoms with Gasteiger partial charge in [-0.15, -0.1) is 0 Å². The molecule has 1 aromatic heterocycles. The molecule has 1 N–H and O–H groups in total. The van der Waals surface area contributed by atoms with Crippen molar-refractivity contribution in [1.29, 1.82) is 0 Å². The highest BCUT2D eigenvalue weighted by Gasteiger charge is 2.36. The number of anilines is 1. The third-order valence-electron chi connectivity index (χ3n) is 6.42.